The Labute approximate surface area is 128 Å². The van der Waals surface area contributed by atoms with Gasteiger partial charge in [0.05, 0.1) is 25.2 Å². The van der Waals surface area contributed by atoms with E-state index in [2.05, 4.69) is 5.32 Å². The maximum absolute atomic E-state index is 12.5. The van der Waals surface area contributed by atoms with Crippen LogP contribution in [0.3, 0.4) is 0 Å². The first-order valence-electron chi connectivity index (χ1n) is 7.14. The molecule has 0 saturated heterocycles. The number of aromatic nitrogens is 1. The summed E-state index contributed by atoms with van der Waals surface area (Å²) in [5.41, 5.74) is 0.283. The smallest absolute Gasteiger partial charge is 0.258 e. The van der Waals surface area contributed by atoms with E-state index in [1.165, 1.54) is 18.8 Å². The van der Waals surface area contributed by atoms with Crippen molar-refractivity contribution in [3.05, 3.63) is 34.2 Å². The SMILES string of the molecule is CCNC(=O)c1cn(CC)c(=O)c2cc(OC)c(OC)cc12. The molecular formula is C16H20N2O4. The van der Waals surface area contributed by atoms with Crippen LogP contribution in [0.2, 0.25) is 0 Å². The Morgan fingerprint density at radius 2 is 1.73 bits per heavy atom. The number of methoxy groups -OCH3 is 2. The number of aryl methyl sites for hydroxylation is 1. The number of carbonyl (C=O) groups is 1. The van der Waals surface area contributed by atoms with Crippen molar-refractivity contribution in [3.8, 4) is 11.5 Å². The summed E-state index contributed by atoms with van der Waals surface area (Å²) in [7, 11) is 3.03. The van der Waals surface area contributed by atoms with Gasteiger partial charge in [0.25, 0.3) is 11.5 Å². The molecule has 1 heterocycles. The summed E-state index contributed by atoms with van der Waals surface area (Å²) in [5, 5.41) is 3.75. The van der Waals surface area contributed by atoms with Gasteiger partial charge >= 0.3 is 0 Å². The second-order valence-electron chi connectivity index (χ2n) is 4.75. The molecule has 0 atom stereocenters. The molecule has 0 fully saturated rings. The van der Waals surface area contributed by atoms with Gasteiger partial charge in [0.15, 0.2) is 11.5 Å². The van der Waals surface area contributed by atoms with E-state index in [4.69, 9.17) is 9.47 Å². The van der Waals surface area contributed by atoms with E-state index in [0.717, 1.165) is 0 Å². The van der Waals surface area contributed by atoms with Crippen LogP contribution >= 0.6 is 0 Å². The van der Waals surface area contributed by atoms with Crippen LogP contribution in [0, 0.1) is 0 Å². The van der Waals surface area contributed by atoms with Crippen molar-refractivity contribution < 1.29 is 14.3 Å². The molecular weight excluding hydrogens is 284 g/mol. The molecule has 118 valence electrons. The standard InChI is InChI=1S/C16H20N2O4/c1-5-17-15(19)12-9-18(6-2)16(20)11-8-14(22-4)13(21-3)7-10(11)12/h7-9H,5-6H2,1-4H3,(H,17,19). The van der Waals surface area contributed by atoms with Crippen molar-refractivity contribution in [1.29, 1.82) is 0 Å². The Kier molecular flexibility index (Phi) is 4.70. The zero-order chi connectivity index (χ0) is 16.3. The first-order valence-corrected chi connectivity index (χ1v) is 7.14. The lowest BCUT2D eigenvalue weighted by atomic mass is 10.1. The van der Waals surface area contributed by atoms with Crippen molar-refractivity contribution in [1.82, 2.24) is 9.88 Å². The molecule has 1 amide bonds. The minimum absolute atomic E-state index is 0.161. The quantitative estimate of drug-likeness (QED) is 0.914. The third-order valence-corrected chi connectivity index (χ3v) is 3.51. The third kappa shape index (κ3) is 2.64. The number of benzene rings is 1. The summed E-state index contributed by atoms with van der Waals surface area (Å²) in [6.07, 6.45) is 1.58. The van der Waals surface area contributed by atoms with Crippen LogP contribution in [-0.4, -0.2) is 31.2 Å². The summed E-state index contributed by atoms with van der Waals surface area (Å²) in [6, 6.07) is 3.28. The molecule has 0 bridgehead atoms. The fourth-order valence-electron chi connectivity index (χ4n) is 2.39. The number of amides is 1. The van der Waals surface area contributed by atoms with Gasteiger partial charge in [-0.15, -0.1) is 0 Å². The summed E-state index contributed by atoms with van der Waals surface area (Å²) in [5.74, 6) is 0.721. The van der Waals surface area contributed by atoms with E-state index in [1.807, 2.05) is 13.8 Å². The highest BCUT2D eigenvalue weighted by Gasteiger charge is 2.17. The molecule has 6 nitrogen and oxygen atoms in total. The number of hydrogen-bond acceptors (Lipinski definition) is 4. The number of fused-ring (bicyclic) bond motifs is 1. The second-order valence-corrected chi connectivity index (χ2v) is 4.75. The number of ether oxygens (including phenoxy) is 2. The topological polar surface area (TPSA) is 69.6 Å². The van der Waals surface area contributed by atoms with Crippen LogP contribution < -0.4 is 20.3 Å². The lowest BCUT2D eigenvalue weighted by molar-refractivity contribution is 0.0956. The largest absolute Gasteiger partial charge is 0.493 e. The average molecular weight is 304 g/mol. The molecule has 1 N–H and O–H groups in total. The molecule has 22 heavy (non-hydrogen) atoms. The molecule has 1 aromatic heterocycles. The van der Waals surface area contributed by atoms with Crippen LogP contribution in [-0.2, 0) is 6.54 Å². The molecule has 1 aromatic carbocycles. The van der Waals surface area contributed by atoms with Crippen molar-refractivity contribution in [2.24, 2.45) is 0 Å². The molecule has 0 unspecified atom stereocenters. The number of carbonyl (C=O) groups excluding carboxylic acids is 1. The molecule has 0 spiro atoms. The van der Waals surface area contributed by atoms with Gasteiger partial charge in [0, 0.05) is 24.7 Å². The number of nitrogens with one attached hydrogen (secondary N) is 1. The Hall–Kier alpha value is -2.50. The van der Waals surface area contributed by atoms with Gasteiger partial charge in [-0.3, -0.25) is 9.59 Å². The van der Waals surface area contributed by atoms with E-state index >= 15 is 0 Å². The Morgan fingerprint density at radius 3 is 2.23 bits per heavy atom. The van der Waals surface area contributed by atoms with Crippen LogP contribution in [0.25, 0.3) is 10.8 Å². The fourth-order valence-corrected chi connectivity index (χ4v) is 2.39. The monoisotopic (exact) mass is 304 g/mol. The van der Waals surface area contributed by atoms with Gasteiger partial charge in [-0.2, -0.15) is 0 Å². The second kappa shape index (κ2) is 6.51. The lowest BCUT2D eigenvalue weighted by Gasteiger charge is -2.14. The Balaban J connectivity index is 2.86. The first-order chi connectivity index (χ1) is 10.6. The zero-order valence-electron chi connectivity index (χ0n) is 13.2. The van der Waals surface area contributed by atoms with Crippen LogP contribution in [0.1, 0.15) is 24.2 Å². The number of nitrogens with zero attached hydrogens (tertiary/aromatic N) is 1. The molecule has 0 aliphatic carbocycles. The minimum Gasteiger partial charge on any atom is -0.493 e. The molecule has 6 heteroatoms. The average Bonchev–Trinajstić information content (AvgIpc) is 2.54. The molecule has 0 aliphatic heterocycles. The van der Waals surface area contributed by atoms with Crippen molar-refractivity contribution >= 4 is 16.7 Å². The van der Waals surface area contributed by atoms with Crippen molar-refractivity contribution in [2.45, 2.75) is 20.4 Å². The summed E-state index contributed by atoms with van der Waals surface area (Å²) >= 11 is 0. The molecule has 0 radical (unpaired) electrons. The van der Waals surface area contributed by atoms with Crippen LogP contribution in [0.4, 0.5) is 0 Å². The zero-order valence-corrected chi connectivity index (χ0v) is 13.2. The fraction of sp³-hybridized carbons (Fsp3) is 0.375. The number of pyridine rings is 1. The van der Waals surface area contributed by atoms with Gasteiger partial charge in [0.2, 0.25) is 0 Å². The highest BCUT2D eigenvalue weighted by molar-refractivity contribution is 6.07. The molecule has 0 aliphatic rings. The van der Waals surface area contributed by atoms with E-state index in [-0.39, 0.29) is 11.5 Å². The highest BCUT2D eigenvalue weighted by Crippen LogP contribution is 2.32. The van der Waals surface area contributed by atoms with Gasteiger partial charge in [-0.25, -0.2) is 0 Å². The van der Waals surface area contributed by atoms with Gasteiger partial charge < -0.3 is 19.4 Å². The van der Waals surface area contributed by atoms with Crippen LogP contribution in [0.15, 0.2) is 23.1 Å². The van der Waals surface area contributed by atoms with Crippen molar-refractivity contribution in [3.63, 3.8) is 0 Å². The van der Waals surface area contributed by atoms with Gasteiger partial charge in [-0.1, -0.05) is 0 Å². The predicted molar refractivity (Wildman–Crippen MR) is 85.0 cm³/mol. The normalized spacial score (nSPS) is 10.5. The van der Waals surface area contributed by atoms with Gasteiger partial charge in [0.1, 0.15) is 0 Å². The van der Waals surface area contributed by atoms with E-state index < -0.39 is 0 Å². The first kappa shape index (κ1) is 15.9. The van der Waals surface area contributed by atoms with E-state index in [0.29, 0.717) is 40.9 Å². The lowest BCUT2D eigenvalue weighted by Crippen LogP contribution is -2.27. The van der Waals surface area contributed by atoms with Gasteiger partial charge in [-0.05, 0) is 26.0 Å². The summed E-state index contributed by atoms with van der Waals surface area (Å²) in [4.78, 5) is 24.8. The summed E-state index contributed by atoms with van der Waals surface area (Å²) in [6.45, 7) is 4.70. The summed E-state index contributed by atoms with van der Waals surface area (Å²) < 4.78 is 12.0. The number of rotatable bonds is 5. The van der Waals surface area contributed by atoms with Crippen LogP contribution in [0.5, 0.6) is 11.5 Å². The molecule has 2 rings (SSSR count). The predicted octanol–water partition coefficient (Wildman–Crippen LogP) is 1.79. The number of hydrogen-bond donors (Lipinski definition) is 1. The minimum atomic E-state index is -0.220. The Bertz CT molecular complexity index is 765. The van der Waals surface area contributed by atoms with E-state index in [9.17, 15) is 9.59 Å². The van der Waals surface area contributed by atoms with E-state index in [1.54, 1.807) is 18.3 Å². The maximum Gasteiger partial charge on any atom is 0.258 e. The molecule has 2 aromatic rings. The highest BCUT2D eigenvalue weighted by atomic mass is 16.5. The van der Waals surface area contributed by atoms with Crippen molar-refractivity contribution in [2.75, 3.05) is 20.8 Å². The third-order valence-electron chi connectivity index (χ3n) is 3.51. The maximum atomic E-state index is 12.5. The Morgan fingerprint density at radius 1 is 1.14 bits per heavy atom. The molecule has 0 saturated carbocycles.